The van der Waals surface area contributed by atoms with E-state index in [9.17, 15) is 9.18 Å². The fraction of sp³-hybridized carbons (Fsp3) is 0.0833. The zero-order chi connectivity index (χ0) is 11.5. The molecule has 1 heterocycles. The predicted molar refractivity (Wildman–Crippen MR) is 62.0 cm³/mol. The number of hydrogen-bond donors (Lipinski definition) is 1. The van der Waals surface area contributed by atoms with E-state index in [1.807, 2.05) is 0 Å². The minimum Gasteiger partial charge on any atom is -0.328 e. The summed E-state index contributed by atoms with van der Waals surface area (Å²) in [7, 11) is 0. The van der Waals surface area contributed by atoms with E-state index in [-0.39, 0.29) is 17.0 Å². The number of alkyl halides is 1. The zero-order valence-corrected chi connectivity index (χ0v) is 9.09. The molecule has 1 aromatic heterocycles. The fourth-order valence-corrected chi connectivity index (χ4v) is 1.64. The summed E-state index contributed by atoms with van der Waals surface area (Å²) in [5.74, 6) is -0.141. The maximum atomic E-state index is 13.5. The van der Waals surface area contributed by atoms with Crippen molar-refractivity contribution in [2.45, 2.75) is 5.88 Å². The summed E-state index contributed by atoms with van der Waals surface area (Å²) in [6.45, 7) is 0. The van der Waals surface area contributed by atoms with Crippen molar-refractivity contribution < 1.29 is 4.39 Å². The van der Waals surface area contributed by atoms with E-state index < -0.39 is 5.82 Å². The van der Waals surface area contributed by atoms with Gasteiger partial charge < -0.3 is 4.98 Å². The van der Waals surface area contributed by atoms with Crippen molar-refractivity contribution in [3.05, 3.63) is 58.3 Å². The summed E-state index contributed by atoms with van der Waals surface area (Å²) >= 11 is 5.66. The highest BCUT2D eigenvalue weighted by atomic mass is 35.5. The van der Waals surface area contributed by atoms with Crippen LogP contribution in [0.1, 0.15) is 5.56 Å². The van der Waals surface area contributed by atoms with E-state index >= 15 is 0 Å². The average Bonchev–Trinajstić information content (AvgIpc) is 2.31. The van der Waals surface area contributed by atoms with E-state index in [0.717, 1.165) is 5.56 Å². The van der Waals surface area contributed by atoms with Crippen molar-refractivity contribution in [3.63, 3.8) is 0 Å². The van der Waals surface area contributed by atoms with Crippen LogP contribution in [0.25, 0.3) is 11.1 Å². The molecule has 4 heteroatoms. The van der Waals surface area contributed by atoms with Gasteiger partial charge in [-0.15, -0.1) is 11.6 Å². The molecule has 2 aromatic rings. The zero-order valence-electron chi connectivity index (χ0n) is 8.34. The summed E-state index contributed by atoms with van der Waals surface area (Å²) in [5.41, 5.74) is 1.02. The van der Waals surface area contributed by atoms with Gasteiger partial charge in [-0.05, 0) is 17.7 Å². The number of H-pyrrole nitrogens is 1. The molecule has 0 aliphatic heterocycles. The Balaban J connectivity index is 2.64. The third-order valence-corrected chi connectivity index (χ3v) is 2.59. The summed E-state index contributed by atoms with van der Waals surface area (Å²) in [6, 6.07) is 7.76. The summed E-state index contributed by atoms with van der Waals surface area (Å²) in [5, 5.41) is 0. The van der Waals surface area contributed by atoms with E-state index in [4.69, 9.17) is 11.6 Å². The van der Waals surface area contributed by atoms with Crippen LogP contribution in [0.3, 0.4) is 0 Å². The second-order valence-corrected chi connectivity index (χ2v) is 3.63. The standard InChI is InChI=1S/C12H9ClFNO/c13-6-8-5-10(12(16)15-7-8)9-3-1-2-4-11(9)14/h1-5,7H,6H2,(H,15,16). The van der Waals surface area contributed by atoms with Crippen molar-refractivity contribution in [1.29, 1.82) is 0 Å². The van der Waals surface area contributed by atoms with Crippen LogP contribution in [-0.2, 0) is 5.88 Å². The van der Waals surface area contributed by atoms with Crippen molar-refractivity contribution in [3.8, 4) is 11.1 Å². The molecule has 1 N–H and O–H groups in total. The highest BCUT2D eigenvalue weighted by Gasteiger charge is 2.08. The van der Waals surface area contributed by atoms with Crippen LogP contribution in [0, 0.1) is 5.82 Å². The van der Waals surface area contributed by atoms with Gasteiger partial charge in [0.15, 0.2) is 0 Å². The number of aromatic nitrogens is 1. The number of aromatic amines is 1. The molecule has 0 atom stereocenters. The summed E-state index contributed by atoms with van der Waals surface area (Å²) < 4.78 is 13.5. The first-order chi connectivity index (χ1) is 7.72. The maximum Gasteiger partial charge on any atom is 0.255 e. The van der Waals surface area contributed by atoms with Crippen LogP contribution in [0.15, 0.2) is 41.3 Å². The van der Waals surface area contributed by atoms with Crippen molar-refractivity contribution in [2.75, 3.05) is 0 Å². The monoisotopic (exact) mass is 237 g/mol. The van der Waals surface area contributed by atoms with Crippen LogP contribution < -0.4 is 5.56 Å². The van der Waals surface area contributed by atoms with Gasteiger partial charge >= 0.3 is 0 Å². The largest absolute Gasteiger partial charge is 0.328 e. The molecule has 82 valence electrons. The van der Waals surface area contributed by atoms with E-state index in [2.05, 4.69) is 4.98 Å². The van der Waals surface area contributed by atoms with Crippen LogP contribution in [0.2, 0.25) is 0 Å². The van der Waals surface area contributed by atoms with Gasteiger partial charge in [-0.3, -0.25) is 4.79 Å². The molecule has 16 heavy (non-hydrogen) atoms. The van der Waals surface area contributed by atoms with Crippen LogP contribution in [0.5, 0.6) is 0 Å². The van der Waals surface area contributed by atoms with Gasteiger partial charge in [-0.25, -0.2) is 4.39 Å². The first kappa shape index (κ1) is 10.9. The molecule has 0 unspecified atom stereocenters. The Morgan fingerprint density at radius 2 is 2.00 bits per heavy atom. The molecule has 0 amide bonds. The highest BCUT2D eigenvalue weighted by molar-refractivity contribution is 6.17. The van der Waals surface area contributed by atoms with Gasteiger partial charge in [0.05, 0.1) is 5.56 Å². The third-order valence-electron chi connectivity index (χ3n) is 2.28. The first-order valence-electron chi connectivity index (χ1n) is 4.75. The Bertz CT molecular complexity index is 565. The Morgan fingerprint density at radius 3 is 2.69 bits per heavy atom. The minimum atomic E-state index is -0.417. The molecular weight excluding hydrogens is 229 g/mol. The van der Waals surface area contributed by atoms with E-state index in [0.29, 0.717) is 5.56 Å². The lowest BCUT2D eigenvalue weighted by atomic mass is 10.1. The Labute approximate surface area is 96.7 Å². The number of hydrogen-bond acceptors (Lipinski definition) is 1. The number of halogens is 2. The van der Waals surface area contributed by atoms with Crippen LogP contribution in [0.4, 0.5) is 4.39 Å². The summed E-state index contributed by atoms with van der Waals surface area (Å²) in [4.78, 5) is 14.1. The van der Waals surface area contributed by atoms with Gasteiger partial charge in [0.2, 0.25) is 0 Å². The molecule has 2 nitrogen and oxygen atoms in total. The summed E-state index contributed by atoms with van der Waals surface area (Å²) in [6.07, 6.45) is 1.53. The first-order valence-corrected chi connectivity index (χ1v) is 5.28. The molecule has 0 fully saturated rings. The molecule has 0 aliphatic carbocycles. The molecule has 0 spiro atoms. The van der Waals surface area contributed by atoms with Crippen molar-refractivity contribution >= 4 is 11.6 Å². The van der Waals surface area contributed by atoms with Crippen molar-refractivity contribution in [2.24, 2.45) is 0 Å². The van der Waals surface area contributed by atoms with Gasteiger partial charge in [0.25, 0.3) is 5.56 Å². The molecule has 2 rings (SSSR count). The number of benzene rings is 1. The fourth-order valence-electron chi connectivity index (χ4n) is 1.49. The third kappa shape index (κ3) is 1.99. The maximum absolute atomic E-state index is 13.5. The lowest BCUT2D eigenvalue weighted by molar-refractivity contribution is 0.631. The Kier molecular flexibility index (Phi) is 3.06. The topological polar surface area (TPSA) is 32.9 Å². The predicted octanol–water partition coefficient (Wildman–Crippen LogP) is 2.92. The number of nitrogens with one attached hydrogen (secondary N) is 1. The minimum absolute atomic E-state index is 0.276. The molecule has 0 radical (unpaired) electrons. The van der Waals surface area contributed by atoms with Crippen molar-refractivity contribution in [1.82, 2.24) is 4.98 Å². The molecule has 0 saturated heterocycles. The Hall–Kier alpha value is -1.61. The molecular formula is C12H9ClFNO. The quantitative estimate of drug-likeness (QED) is 0.801. The van der Waals surface area contributed by atoms with Gasteiger partial charge in [-0.1, -0.05) is 18.2 Å². The van der Waals surface area contributed by atoms with Crippen LogP contribution in [-0.4, -0.2) is 4.98 Å². The van der Waals surface area contributed by atoms with E-state index in [1.54, 1.807) is 24.3 Å². The van der Waals surface area contributed by atoms with Gasteiger partial charge in [-0.2, -0.15) is 0 Å². The highest BCUT2D eigenvalue weighted by Crippen LogP contribution is 2.19. The number of pyridine rings is 1. The lowest BCUT2D eigenvalue weighted by Crippen LogP contribution is -2.09. The smallest absolute Gasteiger partial charge is 0.255 e. The lowest BCUT2D eigenvalue weighted by Gasteiger charge is -2.03. The average molecular weight is 238 g/mol. The van der Waals surface area contributed by atoms with Gasteiger partial charge in [0.1, 0.15) is 5.82 Å². The molecule has 0 bridgehead atoms. The second kappa shape index (κ2) is 4.49. The van der Waals surface area contributed by atoms with Gasteiger partial charge in [0, 0.05) is 17.6 Å². The molecule has 0 aliphatic rings. The Morgan fingerprint density at radius 1 is 1.25 bits per heavy atom. The van der Waals surface area contributed by atoms with E-state index in [1.165, 1.54) is 12.3 Å². The normalized spacial score (nSPS) is 10.4. The number of rotatable bonds is 2. The molecule has 1 aromatic carbocycles. The second-order valence-electron chi connectivity index (χ2n) is 3.36. The molecule has 0 saturated carbocycles. The SMILES string of the molecule is O=c1[nH]cc(CCl)cc1-c1ccccc1F. The van der Waals surface area contributed by atoms with Crippen LogP contribution >= 0.6 is 11.6 Å².